The van der Waals surface area contributed by atoms with E-state index < -0.39 is 5.91 Å². The lowest BCUT2D eigenvalue weighted by molar-refractivity contribution is -0.131. The molecule has 1 aromatic heterocycles. The molecule has 0 bridgehead atoms. The molecule has 0 spiro atoms. The Hall–Kier alpha value is -3.48. The maximum absolute atomic E-state index is 13.2. The van der Waals surface area contributed by atoms with E-state index in [-0.39, 0.29) is 30.2 Å². The molecule has 30 heavy (non-hydrogen) atoms. The Morgan fingerprint density at radius 1 is 0.933 bits per heavy atom. The number of rotatable bonds is 7. The highest BCUT2D eigenvalue weighted by atomic mass is 16.2. The van der Waals surface area contributed by atoms with Crippen LogP contribution in [-0.2, 0) is 11.3 Å². The van der Waals surface area contributed by atoms with Crippen molar-refractivity contribution in [1.82, 2.24) is 19.6 Å². The summed E-state index contributed by atoms with van der Waals surface area (Å²) >= 11 is 0. The van der Waals surface area contributed by atoms with Crippen molar-refractivity contribution in [2.24, 2.45) is 0 Å². The fraction of sp³-hybridized carbons (Fsp3) is 0.304. The van der Waals surface area contributed by atoms with Crippen LogP contribution in [0.4, 0.5) is 0 Å². The van der Waals surface area contributed by atoms with Crippen molar-refractivity contribution in [3.05, 3.63) is 76.2 Å². The van der Waals surface area contributed by atoms with E-state index in [1.54, 1.807) is 36.2 Å². The molecule has 0 N–H and O–H groups in total. The minimum absolute atomic E-state index is 0.0473. The molecule has 0 aliphatic carbocycles. The smallest absolute Gasteiger partial charge is 0.275 e. The standard InChI is InChI=1S/C23H26N4O3/c1-4-26(5-2)20(28)16-25(3)23(30)21-18-13-9-10-14-19(18)22(29)27(24-21)15-17-11-7-6-8-12-17/h6-14H,4-5,15-16H2,1-3H3. The molecule has 156 valence electrons. The van der Waals surface area contributed by atoms with Gasteiger partial charge in [0.2, 0.25) is 5.91 Å². The van der Waals surface area contributed by atoms with Crippen LogP contribution in [0.25, 0.3) is 10.8 Å². The lowest BCUT2D eigenvalue weighted by Gasteiger charge is -2.23. The van der Waals surface area contributed by atoms with Crippen LogP contribution in [-0.4, -0.2) is 58.1 Å². The minimum Gasteiger partial charge on any atom is -0.342 e. The van der Waals surface area contributed by atoms with E-state index in [1.807, 2.05) is 44.2 Å². The maximum atomic E-state index is 13.2. The third-order valence-electron chi connectivity index (χ3n) is 5.08. The summed E-state index contributed by atoms with van der Waals surface area (Å²) in [5.74, 6) is -0.522. The molecule has 0 unspecified atom stereocenters. The molecule has 1 heterocycles. The van der Waals surface area contributed by atoms with Crippen molar-refractivity contribution in [3.63, 3.8) is 0 Å². The first-order valence-electron chi connectivity index (χ1n) is 10.0. The second-order valence-electron chi connectivity index (χ2n) is 7.07. The molecule has 7 nitrogen and oxygen atoms in total. The summed E-state index contributed by atoms with van der Waals surface area (Å²) in [6.45, 7) is 5.18. The molecule has 0 radical (unpaired) electrons. The van der Waals surface area contributed by atoms with E-state index >= 15 is 0 Å². The van der Waals surface area contributed by atoms with E-state index in [9.17, 15) is 14.4 Å². The molecule has 0 fully saturated rings. The van der Waals surface area contributed by atoms with Gasteiger partial charge in [0.05, 0.1) is 18.5 Å². The number of carbonyl (C=O) groups is 2. The first kappa shape index (κ1) is 21.2. The Balaban J connectivity index is 2.00. The van der Waals surface area contributed by atoms with Crippen molar-refractivity contribution >= 4 is 22.6 Å². The van der Waals surface area contributed by atoms with Gasteiger partial charge in [0, 0.05) is 25.5 Å². The summed E-state index contributed by atoms with van der Waals surface area (Å²) in [6, 6.07) is 16.4. The fourth-order valence-electron chi connectivity index (χ4n) is 3.39. The Morgan fingerprint density at radius 3 is 2.17 bits per heavy atom. The molecule has 0 aliphatic heterocycles. The third-order valence-corrected chi connectivity index (χ3v) is 5.08. The second-order valence-corrected chi connectivity index (χ2v) is 7.07. The van der Waals surface area contributed by atoms with Crippen LogP contribution in [0.5, 0.6) is 0 Å². The molecular formula is C23H26N4O3. The van der Waals surface area contributed by atoms with Gasteiger partial charge in [-0.3, -0.25) is 14.4 Å². The molecule has 3 aromatic rings. The predicted octanol–water partition coefficient (Wildman–Crippen LogP) is 2.39. The molecule has 2 aromatic carbocycles. The van der Waals surface area contributed by atoms with Crippen molar-refractivity contribution in [2.45, 2.75) is 20.4 Å². The molecule has 3 rings (SSSR count). The number of carbonyl (C=O) groups excluding carboxylic acids is 2. The molecule has 7 heteroatoms. The average molecular weight is 406 g/mol. The number of fused-ring (bicyclic) bond motifs is 1. The highest BCUT2D eigenvalue weighted by Crippen LogP contribution is 2.15. The summed E-state index contributed by atoms with van der Waals surface area (Å²) < 4.78 is 1.31. The highest BCUT2D eigenvalue weighted by molar-refractivity contribution is 6.05. The zero-order chi connectivity index (χ0) is 21.7. The lowest BCUT2D eigenvalue weighted by Crippen LogP contribution is -2.41. The van der Waals surface area contributed by atoms with Gasteiger partial charge in [0.25, 0.3) is 11.5 Å². The SMILES string of the molecule is CCN(CC)C(=O)CN(C)C(=O)c1nn(Cc2ccccc2)c(=O)c2ccccc12. The number of hydrogen-bond donors (Lipinski definition) is 0. The van der Waals surface area contributed by atoms with E-state index in [1.165, 1.54) is 9.58 Å². The maximum Gasteiger partial charge on any atom is 0.275 e. The van der Waals surface area contributed by atoms with Crippen LogP contribution >= 0.6 is 0 Å². The number of hydrogen-bond acceptors (Lipinski definition) is 4. The van der Waals surface area contributed by atoms with Crippen LogP contribution in [0.3, 0.4) is 0 Å². The second kappa shape index (κ2) is 9.35. The fourth-order valence-corrected chi connectivity index (χ4v) is 3.39. The Kier molecular flexibility index (Phi) is 6.61. The zero-order valence-corrected chi connectivity index (χ0v) is 17.5. The summed E-state index contributed by atoms with van der Waals surface area (Å²) in [5, 5.41) is 5.31. The van der Waals surface area contributed by atoms with Crippen LogP contribution < -0.4 is 5.56 Å². The first-order valence-corrected chi connectivity index (χ1v) is 10.0. The summed E-state index contributed by atoms with van der Waals surface area (Å²) in [4.78, 5) is 41.6. The van der Waals surface area contributed by atoms with Gasteiger partial charge in [-0.05, 0) is 25.5 Å². The minimum atomic E-state index is -0.395. The highest BCUT2D eigenvalue weighted by Gasteiger charge is 2.22. The summed E-state index contributed by atoms with van der Waals surface area (Å²) in [7, 11) is 1.58. The number of benzene rings is 2. The quantitative estimate of drug-likeness (QED) is 0.604. The predicted molar refractivity (Wildman–Crippen MR) is 116 cm³/mol. The molecule has 2 amide bonds. The number of aromatic nitrogens is 2. The van der Waals surface area contributed by atoms with Gasteiger partial charge in [-0.2, -0.15) is 5.10 Å². The van der Waals surface area contributed by atoms with Crippen LogP contribution in [0.1, 0.15) is 29.9 Å². The molecule has 0 saturated heterocycles. The summed E-state index contributed by atoms with van der Waals surface area (Å²) in [5.41, 5.74) is 0.815. The van der Waals surface area contributed by atoms with Crippen molar-refractivity contribution in [1.29, 1.82) is 0 Å². The molecular weight excluding hydrogens is 380 g/mol. The largest absolute Gasteiger partial charge is 0.342 e. The zero-order valence-electron chi connectivity index (χ0n) is 17.5. The van der Waals surface area contributed by atoms with Gasteiger partial charge in [-0.15, -0.1) is 0 Å². The number of nitrogens with zero attached hydrogens (tertiary/aromatic N) is 4. The molecule has 0 saturated carbocycles. The van der Waals surface area contributed by atoms with E-state index in [2.05, 4.69) is 5.10 Å². The third kappa shape index (κ3) is 4.40. The van der Waals surface area contributed by atoms with Crippen molar-refractivity contribution in [3.8, 4) is 0 Å². The van der Waals surface area contributed by atoms with Gasteiger partial charge in [-0.25, -0.2) is 4.68 Å². The van der Waals surface area contributed by atoms with Gasteiger partial charge < -0.3 is 9.80 Å². The van der Waals surface area contributed by atoms with Gasteiger partial charge >= 0.3 is 0 Å². The first-order chi connectivity index (χ1) is 14.5. The van der Waals surface area contributed by atoms with Gasteiger partial charge in [0.1, 0.15) is 0 Å². The van der Waals surface area contributed by atoms with E-state index in [0.717, 1.165) is 5.56 Å². The molecule has 0 aliphatic rings. The summed E-state index contributed by atoms with van der Waals surface area (Å²) in [6.07, 6.45) is 0. The monoisotopic (exact) mass is 406 g/mol. The van der Waals surface area contributed by atoms with Gasteiger partial charge in [-0.1, -0.05) is 48.5 Å². The number of amides is 2. The van der Waals surface area contributed by atoms with E-state index in [0.29, 0.717) is 23.9 Å². The van der Waals surface area contributed by atoms with Gasteiger partial charge in [0.15, 0.2) is 5.69 Å². The van der Waals surface area contributed by atoms with E-state index in [4.69, 9.17) is 0 Å². The van der Waals surface area contributed by atoms with Crippen LogP contribution in [0, 0.1) is 0 Å². The number of likely N-dealkylation sites (N-methyl/N-ethyl adjacent to an activating group) is 2. The normalized spacial score (nSPS) is 10.8. The Morgan fingerprint density at radius 2 is 1.53 bits per heavy atom. The van der Waals surface area contributed by atoms with Crippen LogP contribution in [0.15, 0.2) is 59.4 Å². The molecule has 0 atom stereocenters. The average Bonchev–Trinajstić information content (AvgIpc) is 2.77. The van der Waals surface area contributed by atoms with Crippen LogP contribution in [0.2, 0.25) is 0 Å². The lowest BCUT2D eigenvalue weighted by atomic mass is 10.1. The topological polar surface area (TPSA) is 75.5 Å². The van der Waals surface area contributed by atoms with Crippen molar-refractivity contribution in [2.75, 3.05) is 26.7 Å². The van der Waals surface area contributed by atoms with Crippen molar-refractivity contribution < 1.29 is 9.59 Å². The Bertz CT molecular complexity index is 1100. The Labute approximate surface area is 175 Å².